The number of fused-ring (bicyclic) bond motifs is 1. The third-order valence-electron chi connectivity index (χ3n) is 3.71. The van der Waals surface area contributed by atoms with Gasteiger partial charge in [0.2, 0.25) is 5.91 Å². The number of carbonyl (C=O) groups is 1. The van der Waals surface area contributed by atoms with Crippen LogP contribution in [-0.2, 0) is 17.8 Å². The SMILES string of the molecule is Cc1ccc2nc(CCNC(=O)CCn3ccc(C)n3)[nH]c2c1. The highest BCUT2D eigenvalue weighted by molar-refractivity contribution is 5.76. The van der Waals surface area contributed by atoms with Crippen LogP contribution in [0.3, 0.4) is 0 Å². The molecular formula is C17H21N5O. The fraction of sp³-hybridized carbons (Fsp3) is 0.353. The molecule has 0 spiro atoms. The molecule has 0 saturated heterocycles. The quantitative estimate of drug-likeness (QED) is 0.732. The van der Waals surface area contributed by atoms with Gasteiger partial charge in [-0.05, 0) is 37.6 Å². The molecule has 0 fully saturated rings. The Morgan fingerprint density at radius 3 is 2.96 bits per heavy atom. The molecule has 1 aromatic carbocycles. The summed E-state index contributed by atoms with van der Waals surface area (Å²) < 4.78 is 1.79. The highest BCUT2D eigenvalue weighted by Gasteiger charge is 2.05. The van der Waals surface area contributed by atoms with E-state index in [-0.39, 0.29) is 5.91 Å². The number of aryl methyl sites for hydroxylation is 3. The molecule has 0 bridgehead atoms. The van der Waals surface area contributed by atoms with E-state index in [1.807, 2.05) is 31.3 Å². The van der Waals surface area contributed by atoms with Crippen LogP contribution in [0.4, 0.5) is 0 Å². The number of aromatic nitrogens is 4. The molecule has 3 rings (SSSR count). The number of aromatic amines is 1. The second-order valence-electron chi connectivity index (χ2n) is 5.77. The van der Waals surface area contributed by atoms with Crippen molar-refractivity contribution >= 4 is 16.9 Å². The molecule has 6 nitrogen and oxygen atoms in total. The lowest BCUT2D eigenvalue weighted by molar-refractivity contribution is -0.121. The first-order valence-corrected chi connectivity index (χ1v) is 7.82. The molecule has 0 atom stereocenters. The number of amides is 1. The molecule has 2 aromatic heterocycles. The zero-order valence-electron chi connectivity index (χ0n) is 13.5. The van der Waals surface area contributed by atoms with Gasteiger partial charge >= 0.3 is 0 Å². The minimum atomic E-state index is 0.0325. The maximum absolute atomic E-state index is 11.8. The number of hydrogen-bond donors (Lipinski definition) is 2. The van der Waals surface area contributed by atoms with Gasteiger partial charge in [0.25, 0.3) is 0 Å². The fourth-order valence-corrected chi connectivity index (χ4v) is 2.51. The molecule has 23 heavy (non-hydrogen) atoms. The van der Waals surface area contributed by atoms with Crippen LogP contribution in [0.2, 0.25) is 0 Å². The van der Waals surface area contributed by atoms with Crippen molar-refractivity contribution in [3.63, 3.8) is 0 Å². The van der Waals surface area contributed by atoms with E-state index in [2.05, 4.69) is 33.4 Å². The molecule has 2 heterocycles. The van der Waals surface area contributed by atoms with E-state index in [1.165, 1.54) is 5.56 Å². The zero-order valence-corrected chi connectivity index (χ0v) is 13.5. The summed E-state index contributed by atoms with van der Waals surface area (Å²) in [5.41, 5.74) is 4.17. The standard InChI is InChI=1S/C17H21N5O/c1-12-3-4-14-15(11-12)20-16(19-14)5-8-18-17(23)7-10-22-9-6-13(2)21-22/h3-4,6,9,11H,5,7-8,10H2,1-2H3,(H,18,23)(H,19,20). The second kappa shape index (κ2) is 6.64. The second-order valence-corrected chi connectivity index (χ2v) is 5.77. The predicted molar refractivity (Wildman–Crippen MR) is 89.1 cm³/mol. The Morgan fingerprint density at radius 1 is 1.30 bits per heavy atom. The van der Waals surface area contributed by atoms with Crippen molar-refractivity contribution in [2.24, 2.45) is 0 Å². The summed E-state index contributed by atoms with van der Waals surface area (Å²) in [5, 5.41) is 7.19. The number of imidazole rings is 1. The number of hydrogen-bond acceptors (Lipinski definition) is 3. The molecule has 6 heteroatoms. The minimum Gasteiger partial charge on any atom is -0.356 e. The van der Waals surface area contributed by atoms with Crippen LogP contribution < -0.4 is 5.32 Å². The summed E-state index contributed by atoms with van der Waals surface area (Å²) in [6.45, 7) is 5.17. The van der Waals surface area contributed by atoms with Crippen LogP contribution in [0.15, 0.2) is 30.5 Å². The summed E-state index contributed by atoms with van der Waals surface area (Å²) in [4.78, 5) is 19.7. The molecule has 0 saturated carbocycles. The van der Waals surface area contributed by atoms with E-state index in [9.17, 15) is 4.79 Å². The zero-order chi connectivity index (χ0) is 16.2. The van der Waals surface area contributed by atoms with Gasteiger partial charge < -0.3 is 10.3 Å². The van der Waals surface area contributed by atoms with Crippen LogP contribution in [0.25, 0.3) is 11.0 Å². The van der Waals surface area contributed by atoms with Gasteiger partial charge in [-0.3, -0.25) is 9.48 Å². The highest BCUT2D eigenvalue weighted by atomic mass is 16.1. The van der Waals surface area contributed by atoms with Gasteiger partial charge in [0.05, 0.1) is 16.7 Å². The van der Waals surface area contributed by atoms with Gasteiger partial charge in [0.1, 0.15) is 5.82 Å². The monoisotopic (exact) mass is 311 g/mol. The van der Waals surface area contributed by atoms with Crippen molar-refractivity contribution in [2.45, 2.75) is 33.2 Å². The molecule has 2 N–H and O–H groups in total. The normalized spacial score (nSPS) is 11.0. The molecule has 0 unspecified atom stereocenters. The summed E-state index contributed by atoms with van der Waals surface area (Å²) in [7, 11) is 0. The van der Waals surface area contributed by atoms with E-state index < -0.39 is 0 Å². The summed E-state index contributed by atoms with van der Waals surface area (Å²) >= 11 is 0. The van der Waals surface area contributed by atoms with Gasteiger partial charge in [0, 0.05) is 32.1 Å². The van der Waals surface area contributed by atoms with Crippen molar-refractivity contribution < 1.29 is 4.79 Å². The Bertz CT molecular complexity index is 817. The molecule has 0 aliphatic heterocycles. The van der Waals surface area contributed by atoms with Crippen LogP contribution in [0.1, 0.15) is 23.5 Å². The van der Waals surface area contributed by atoms with E-state index in [1.54, 1.807) is 4.68 Å². The molecule has 1 amide bonds. The van der Waals surface area contributed by atoms with Gasteiger partial charge in [-0.25, -0.2) is 4.98 Å². The van der Waals surface area contributed by atoms with E-state index >= 15 is 0 Å². The van der Waals surface area contributed by atoms with Crippen molar-refractivity contribution in [1.29, 1.82) is 0 Å². The van der Waals surface area contributed by atoms with Crippen LogP contribution >= 0.6 is 0 Å². The fourth-order valence-electron chi connectivity index (χ4n) is 2.51. The lowest BCUT2D eigenvalue weighted by atomic mass is 10.2. The lowest BCUT2D eigenvalue weighted by Crippen LogP contribution is -2.26. The Morgan fingerprint density at radius 2 is 2.17 bits per heavy atom. The van der Waals surface area contributed by atoms with E-state index in [0.29, 0.717) is 25.9 Å². The topological polar surface area (TPSA) is 75.6 Å². The average Bonchev–Trinajstić information content (AvgIpc) is 3.10. The third kappa shape index (κ3) is 3.97. The van der Waals surface area contributed by atoms with Crippen LogP contribution in [0.5, 0.6) is 0 Å². The smallest absolute Gasteiger partial charge is 0.221 e. The summed E-state index contributed by atoms with van der Waals surface area (Å²) in [5.74, 6) is 0.929. The molecule has 0 radical (unpaired) electrons. The van der Waals surface area contributed by atoms with Crippen molar-refractivity contribution in [2.75, 3.05) is 6.54 Å². The Labute approximate surface area is 134 Å². The van der Waals surface area contributed by atoms with Gasteiger partial charge in [-0.15, -0.1) is 0 Å². The largest absolute Gasteiger partial charge is 0.356 e. The number of nitrogens with one attached hydrogen (secondary N) is 2. The Hall–Kier alpha value is -2.63. The minimum absolute atomic E-state index is 0.0325. The first-order valence-electron chi connectivity index (χ1n) is 7.82. The van der Waals surface area contributed by atoms with Gasteiger partial charge in [-0.2, -0.15) is 5.10 Å². The lowest BCUT2D eigenvalue weighted by Gasteiger charge is -2.04. The summed E-state index contributed by atoms with van der Waals surface area (Å²) in [6.07, 6.45) is 3.01. The van der Waals surface area contributed by atoms with Crippen molar-refractivity contribution in [3.8, 4) is 0 Å². The maximum atomic E-state index is 11.8. The number of nitrogens with zero attached hydrogens (tertiary/aromatic N) is 3. The predicted octanol–water partition coefficient (Wildman–Crippen LogP) is 2.13. The molecule has 0 aliphatic carbocycles. The molecule has 120 valence electrons. The first-order chi connectivity index (χ1) is 11.1. The number of rotatable bonds is 6. The summed E-state index contributed by atoms with van der Waals surface area (Å²) in [6, 6.07) is 8.07. The van der Waals surface area contributed by atoms with Crippen LogP contribution in [-0.4, -0.2) is 32.2 Å². The molecule has 3 aromatic rings. The van der Waals surface area contributed by atoms with Crippen molar-refractivity contribution in [3.05, 3.63) is 47.5 Å². The van der Waals surface area contributed by atoms with Gasteiger partial charge in [-0.1, -0.05) is 6.07 Å². The molecule has 0 aliphatic rings. The Balaban J connectivity index is 1.45. The first kappa shape index (κ1) is 15.3. The van der Waals surface area contributed by atoms with E-state index in [4.69, 9.17) is 0 Å². The number of H-pyrrole nitrogens is 1. The van der Waals surface area contributed by atoms with Crippen molar-refractivity contribution in [1.82, 2.24) is 25.1 Å². The third-order valence-corrected chi connectivity index (χ3v) is 3.71. The maximum Gasteiger partial charge on any atom is 0.221 e. The number of carbonyl (C=O) groups excluding carboxylic acids is 1. The average molecular weight is 311 g/mol. The van der Waals surface area contributed by atoms with Gasteiger partial charge in [0.15, 0.2) is 0 Å². The number of benzene rings is 1. The van der Waals surface area contributed by atoms with E-state index in [0.717, 1.165) is 22.6 Å². The molecular weight excluding hydrogens is 290 g/mol. The highest BCUT2D eigenvalue weighted by Crippen LogP contribution is 2.13. The van der Waals surface area contributed by atoms with Crippen LogP contribution in [0, 0.1) is 13.8 Å². The Kier molecular flexibility index (Phi) is 4.41.